The van der Waals surface area contributed by atoms with Gasteiger partial charge < -0.3 is 4.57 Å². The van der Waals surface area contributed by atoms with Crippen LogP contribution in [0.1, 0.15) is 20.7 Å². The molecule has 5 rings (SSSR count). The van der Waals surface area contributed by atoms with E-state index in [1.807, 2.05) is 36.4 Å². The third-order valence-electron chi connectivity index (χ3n) is 5.41. The summed E-state index contributed by atoms with van der Waals surface area (Å²) < 4.78 is 2.09. The number of rotatable bonds is 3. The molecule has 1 aliphatic rings. The van der Waals surface area contributed by atoms with Gasteiger partial charge in [-0.3, -0.25) is 14.5 Å². The summed E-state index contributed by atoms with van der Waals surface area (Å²) in [7, 11) is 0. The molecule has 1 aliphatic heterocycles. The molecule has 4 aromatic rings. The summed E-state index contributed by atoms with van der Waals surface area (Å²) in [5.41, 5.74) is 2.06. The Morgan fingerprint density at radius 1 is 0.600 bits per heavy atom. The molecule has 2 amide bonds. The number of hydrogen-bond acceptors (Lipinski definition) is 2. The molecule has 2 heterocycles. The van der Waals surface area contributed by atoms with Crippen molar-refractivity contribution in [3.8, 4) is 0 Å². The number of aromatic nitrogens is 1. The van der Waals surface area contributed by atoms with E-state index in [0.717, 1.165) is 26.7 Å². The number of imide groups is 1. The number of halogens is 4. The Balaban J connectivity index is 1.55. The van der Waals surface area contributed by atoms with Crippen molar-refractivity contribution in [3.05, 3.63) is 79.7 Å². The number of amides is 2. The SMILES string of the molecule is O=C1c2c(Cl)c(Cl)c(Cl)c(Cl)c2C(=O)N1CCn1c2ccccc2c2ccccc21. The van der Waals surface area contributed by atoms with Crippen molar-refractivity contribution in [3.63, 3.8) is 0 Å². The number of hydrogen-bond donors (Lipinski definition) is 0. The lowest BCUT2D eigenvalue weighted by Gasteiger charge is -2.15. The second kappa shape index (κ2) is 7.17. The lowest BCUT2D eigenvalue weighted by Crippen LogP contribution is -2.33. The van der Waals surface area contributed by atoms with Gasteiger partial charge in [-0.15, -0.1) is 0 Å². The van der Waals surface area contributed by atoms with Gasteiger partial charge in [0.1, 0.15) is 0 Å². The third-order valence-corrected chi connectivity index (χ3v) is 7.21. The van der Waals surface area contributed by atoms with Crippen molar-refractivity contribution >= 4 is 80.0 Å². The lowest BCUT2D eigenvalue weighted by molar-refractivity contribution is 0.0650. The lowest BCUT2D eigenvalue weighted by atomic mass is 10.1. The summed E-state index contributed by atoms with van der Waals surface area (Å²) in [5.74, 6) is -1.05. The first-order valence-corrected chi connectivity index (χ1v) is 10.6. The van der Waals surface area contributed by atoms with Crippen LogP contribution in [0.25, 0.3) is 21.8 Å². The molecule has 0 atom stereocenters. The molecule has 3 aromatic carbocycles. The van der Waals surface area contributed by atoms with E-state index in [4.69, 9.17) is 46.4 Å². The molecule has 0 aliphatic carbocycles. The predicted octanol–water partition coefficient (Wildman–Crippen LogP) is 6.70. The minimum atomic E-state index is -0.527. The van der Waals surface area contributed by atoms with Crippen LogP contribution in [0.15, 0.2) is 48.5 Å². The molecule has 0 saturated carbocycles. The summed E-state index contributed by atoms with van der Waals surface area (Å²) in [6.07, 6.45) is 0. The van der Waals surface area contributed by atoms with Crippen LogP contribution in [-0.2, 0) is 6.54 Å². The Bertz CT molecular complexity index is 1290. The topological polar surface area (TPSA) is 42.3 Å². The average molecular weight is 478 g/mol. The number of para-hydroxylation sites is 2. The van der Waals surface area contributed by atoms with Crippen LogP contribution < -0.4 is 0 Å². The Morgan fingerprint density at radius 2 is 1.03 bits per heavy atom. The summed E-state index contributed by atoms with van der Waals surface area (Å²) in [4.78, 5) is 27.1. The number of carbonyl (C=O) groups excluding carboxylic acids is 2. The zero-order valence-corrected chi connectivity index (χ0v) is 18.3. The zero-order chi connectivity index (χ0) is 21.2. The van der Waals surface area contributed by atoms with E-state index in [0.29, 0.717) is 6.54 Å². The number of fused-ring (bicyclic) bond motifs is 4. The van der Waals surface area contributed by atoms with Crippen LogP contribution in [0.2, 0.25) is 20.1 Å². The van der Waals surface area contributed by atoms with Crippen molar-refractivity contribution < 1.29 is 9.59 Å². The van der Waals surface area contributed by atoms with Gasteiger partial charge in [0.05, 0.1) is 31.2 Å². The fraction of sp³-hybridized carbons (Fsp3) is 0.0909. The largest absolute Gasteiger partial charge is 0.339 e. The monoisotopic (exact) mass is 476 g/mol. The van der Waals surface area contributed by atoms with Crippen molar-refractivity contribution in [2.75, 3.05) is 6.54 Å². The average Bonchev–Trinajstić information content (AvgIpc) is 3.21. The van der Waals surface area contributed by atoms with Gasteiger partial charge in [-0.2, -0.15) is 0 Å². The third kappa shape index (κ3) is 2.68. The summed E-state index contributed by atoms with van der Waals surface area (Å²) in [6, 6.07) is 16.0. The highest BCUT2D eigenvalue weighted by atomic mass is 35.5. The van der Waals surface area contributed by atoms with Crippen LogP contribution >= 0.6 is 46.4 Å². The van der Waals surface area contributed by atoms with Gasteiger partial charge in [0.25, 0.3) is 11.8 Å². The minimum Gasteiger partial charge on any atom is -0.339 e. The fourth-order valence-electron chi connectivity index (χ4n) is 4.04. The van der Waals surface area contributed by atoms with Gasteiger partial charge in [0.15, 0.2) is 0 Å². The second-order valence-corrected chi connectivity index (χ2v) is 8.47. The second-order valence-electron chi connectivity index (χ2n) is 6.95. The molecule has 30 heavy (non-hydrogen) atoms. The predicted molar refractivity (Wildman–Crippen MR) is 121 cm³/mol. The van der Waals surface area contributed by atoms with Crippen molar-refractivity contribution in [2.45, 2.75) is 6.54 Å². The standard InChI is InChI=1S/C22H12Cl4N2O2/c23-17-15-16(18(24)20(26)19(17)25)22(30)28(21(15)29)10-9-27-13-7-3-1-5-11(13)12-6-2-4-8-14(12)27/h1-8H,9-10H2. The van der Waals surface area contributed by atoms with E-state index >= 15 is 0 Å². The molecular weight excluding hydrogens is 466 g/mol. The summed E-state index contributed by atoms with van der Waals surface area (Å²) in [5, 5.41) is 2.04. The molecule has 0 saturated heterocycles. The Labute approximate surface area is 191 Å². The highest BCUT2D eigenvalue weighted by Gasteiger charge is 2.41. The highest BCUT2D eigenvalue weighted by molar-refractivity contribution is 6.55. The van der Waals surface area contributed by atoms with Crippen LogP contribution in [0.4, 0.5) is 0 Å². The van der Waals surface area contributed by atoms with E-state index in [-0.39, 0.29) is 37.8 Å². The van der Waals surface area contributed by atoms with Gasteiger partial charge in [-0.25, -0.2) is 0 Å². The van der Waals surface area contributed by atoms with Gasteiger partial charge >= 0.3 is 0 Å². The quantitative estimate of drug-likeness (QED) is 0.187. The van der Waals surface area contributed by atoms with Crippen molar-refractivity contribution in [1.29, 1.82) is 0 Å². The molecular formula is C22H12Cl4N2O2. The highest BCUT2D eigenvalue weighted by Crippen LogP contribution is 2.44. The number of nitrogens with zero attached hydrogens (tertiary/aromatic N) is 2. The van der Waals surface area contributed by atoms with Gasteiger partial charge in [0.2, 0.25) is 0 Å². The van der Waals surface area contributed by atoms with E-state index in [9.17, 15) is 9.59 Å². The van der Waals surface area contributed by atoms with Crippen LogP contribution in [0.3, 0.4) is 0 Å². The number of benzene rings is 3. The zero-order valence-electron chi connectivity index (χ0n) is 15.3. The number of carbonyl (C=O) groups is 2. The molecule has 0 N–H and O–H groups in total. The summed E-state index contributed by atoms with van der Waals surface area (Å²) >= 11 is 24.6. The maximum atomic E-state index is 13.0. The van der Waals surface area contributed by atoms with Crippen LogP contribution in [0, 0.1) is 0 Å². The van der Waals surface area contributed by atoms with E-state index in [2.05, 4.69) is 16.7 Å². The van der Waals surface area contributed by atoms with Gasteiger partial charge in [-0.1, -0.05) is 82.8 Å². The molecule has 8 heteroatoms. The smallest absolute Gasteiger partial charge is 0.263 e. The van der Waals surface area contributed by atoms with Crippen LogP contribution in [-0.4, -0.2) is 27.8 Å². The Morgan fingerprint density at radius 3 is 1.50 bits per heavy atom. The normalized spacial score (nSPS) is 13.7. The van der Waals surface area contributed by atoms with Crippen LogP contribution in [0.5, 0.6) is 0 Å². The summed E-state index contributed by atoms with van der Waals surface area (Å²) in [6.45, 7) is 0.563. The molecule has 0 spiro atoms. The molecule has 0 bridgehead atoms. The molecule has 150 valence electrons. The Hall–Kier alpha value is -2.24. The first-order valence-electron chi connectivity index (χ1n) is 9.10. The first-order chi connectivity index (χ1) is 14.4. The molecule has 0 radical (unpaired) electrons. The van der Waals surface area contributed by atoms with Gasteiger partial charge in [0, 0.05) is 34.9 Å². The maximum Gasteiger partial charge on any atom is 0.263 e. The molecule has 1 aromatic heterocycles. The maximum absolute atomic E-state index is 13.0. The minimum absolute atomic E-state index is 0.00305. The van der Waals surface area contributed by atoms with E-state index < -0.39 is 11.8 Å². The van der Waals surface area contributed by atoms with E-state index in [1.54, 1.807) is 0 Å². The van der Waals surface area contributed by atoms with E-state index in [1.165, 1.54) is 0 Å². The molecule has 0 fully saturated rings. The first kappa shape index (κ1) is 19.7. The van der Waals surface area contributed by atoms with Crippen molar-refractivity contribution in [1.82, 2.24) is 9.47 Å². The molecule has 4 nitrogen and oxygen atoms in total. The molecule has 0 unspecified atom stereocenters. The van der Waals surface area contributed by atoms with Crippen molar-refractivity contribution in [2.24, 2.45) is 0 Å². The Kier molecular flexibility index (Phi) is 4.71. The van der Waals surface area contributed by atoms with Gasteiger partial charge in [-0.05, 0) is 12.1 Å². The fourth-order valence-corrected chi connectivity index (χ4v) is 5.06.